The number of rotatable bonds is 1. The van der Waals surface area contributed by atoms with Crippen molar-refractivity contribution in [1.82, 2.24) is 10.0 Å². The highest BCUT2D eigenvalue weighted by atomic mass is 15.6. The van der Waals surface area contributed by atoms with Gasteiger partial charge in [0.15, 0.2) is 0 Å². The summed E-state index contributed by atoms with van der Waals surface area (Å²) >= 11 is 0. The Morgan fingerprint density at radius 2 is 2.00 bits per heavy atom. The molecule has 1 heterocycles. The lowest BCUT2D eigenvalue weighted by molar-refractivity contribution is 0.0547. The van der Waals surface area contributed by atoms with E-state index in [1.165, 1.54) is 0 Å². The normalized spacial score (nSPS) is 19.6. The zero-order chi connectivity index (χ0) is 7.56. The highest BCUT2D eigenvalue weighted by Crippen LogP contribution is 2.07. The van der Waals surface area contributed by atoms with E-state index < -0.39 is 0 Å². The van der Waals surface area contributed by atoms with Gasteiger partial charge in [0, 0.05) is 19.3 Å². The summed E-state index contributed by atoms with van der Waals surface area (Å²) in [5, 5.41) is 4.31. The van der Waals surface area contributed by atoms with E-state index in [4.69, 9.17) is 0 Å². The van der Waals surface area contributed by atoms with Crippen LogP contribution in [0.4, 0.5) is 0 Å². The van der Waals surface area contributed by atoms with Gasteiger partial charge >= 0.3 is 0 Å². The van der Waals surface area contributed by atoms with Crippen LogP contribution in [0, 0.1) is 0 Å². The van der Waals surface area contributed by atoms with Gasteiger partial charge in [-0.2, -0.15) is 0 Å². The van der Waals surface area contributed by atoms with Crippen LogP contribution in [0.5, 0.6) is 0 Å². The van der Waals surface area contributed by atoms with Crippen molar-refractivity contribution in [2.75, 3.05) is 20.1 Å². The maximum absolute atomic E-state index is 3.88. The lowest BCUT2D eigenvalue weighted by Crippen LogP contribution is -2.40. The molecule has 0 aromatic rings. The van der Waals surface area contributed by atoms with E-state index in [1.807, 2.05) is 6.92 Å². The summed E-state index contributed by atoms with van der Waals surface area (Å²) in [6.07, 6.45) is 4.33. The second-order valence-corrected chi connectivity index (χ2v) is 2.63. The molecule has 0 saturated carbocycles. The third-order valence-corrected chi connectivity index (χ3v) is 1.67. The van der Waals surface area contributed by atoms with Crippen LogP contribution in [0.3, 0.4) is 0 Å². The molecule has 0 atom stereocenters. The maximum atomic E-state index is 3.88. The van der Waals surface area contributed by atoms with Crippen LogP contribution < -0.4 is 0 Å². The SMILES string of the molecule is C=C(C)N1CC=CCN1C. The fourth-order valence-corrected chi connectivity index (χ4v) is 1.09. The predicted octanol–water partition coefficient (Wildman–Crippen LogP) is 1.24. The lowest BCUT2D eigenvalue weighted by atomic mass is 10.4. The molecule has 0 amide bonds. The zero-order valence-electron chi connectivity index (χ0n) is 6.67. The topological polar surface area (TPSA) is 6.48 Å². The predicted molar refractivity (Wildman–Crippen MR) is 43.3 cm³/mol. The summed E-state index contributed by atoms with van der Waals surface area (Å²) in [7, 11) is 2.07. The van der Waals surface area contributed by atoms with E-state index >= 15 is 0 Å². The molecule has 0 aromatic carbocycles. The first-order chi connectivity index (χ1) is 4.72. The van der Waals surface area contributed by atoms with Crippen molar-refractivity contribution in [3.8, 4) is 0 Å². The second-order valence-electron chi connectivity index (χ2n) is 2.63. The number of nitrogens with zero attached hydrogens (tertiary/aromatic N) is 2. The molecule has 0 saturated heterocycles. The third-order valence-electron chi connectivity index (χ3n) is 1.67. The standard InChI is InChI=1S/C8H14N2/c1-8(2)10-7-5-4-6-9(10)3/h4-5H,1,6-7H2,2-3H3. The van der Waals surface area contributed by atoms with Gasteiger partial charge in [-0.15, -0.1) is 0 Å². The molecule has 0 fully saturated rings. The van der Waals surface area contributed by atoms with Gasteiger partial charge in [0.2, 0.25) is 0 Å². The summed E-state index contributed by atoms with van der Waals surface area (Å²) in [6, 6.07) is 0. The fraction of sp³-hybridized carbons (Fsp3) is 0.500. The first-order valence-electron chi connectivity index (χ1n) is 3.51. The molecule has 2 nitrogen and oxygen atoms in total. The van der Waals surface area contributed by atoms with E-state index in [9.17, 15) is 0 Å². The van der Waals surface area contributed by atoms with Crippen LogP contribution in [0.2, 0.25) is 0 Å². The molecule has 56 valence electrons. The van der Waals surface area contributed by atoms with Crippen LogP contribution in [0.15, 0.2) is 24.4 Å². The van der Waals surface area contributed by atoms with Crippen LogP contribution >= 0.6 is 0 Å². The number of likely N-dealkylation sites (N-methyl/N-ethyl adjacent to an activating group) is 1. The Morgan fingerprint density at radius 1 is 1.40 bits per heavy atom. The van der Waals surface area contributed by atoms with Crippen LogP contribution in [0.25, 0.3) is 0 Å². The van der Waals surface area contributed by atoms with E-state index in [1.54, 1.807) is 0 Å². The molecule has 0 radical (unpaired) electrons. The summed E-state index contributed by atoms with van der Waals surface area (Å²) in [6.45, 7) is 7.86. The minimum Gasteiger partial charge on any atom is -0.307 e. The van der Waals surface area contributed by atoms with Crippen molar-refractivity contribution in [2.24, 2.45) is 0 Å². The minimum atomic E-state index is 0.964. The van der Waals surface area contributed by atoms with Crippen molar-refractivity contribution in [3.63, 3.8) is 0 Å². The lowest BCUT2D eigenvalue weighted by Gasteiger charge is -2.34. The van der Waals surface area contributed by atoms with Crippen molar-refractivity contribution < 1.29 is 0 Å². The Bertz CT molecular complexity index is 161. The molecule has 0 aliphatic carbocycles. The van der Waals surface area contributed by atoms with Crippen LogP contribution in [0.1, 0.15) is 6.92 Å². The Labute approximate surface area is 62.4 Å². The second kappa shape index (κ2) is 2.88. The van der Waals surface area contributed by atoms with Gasteiger partial charge in [0.25, 0.3) is 0 Å². The number of allylic oxidation sites excluding steroid dienone is 1. The summed E-state index contributed by atoms with van der Waals surface area (Å²) < 4.78 is 0. The molecule has 0 unspecified atom stereocenters. The van der Waals surface area contributed by atoms with Gasteiger partial charge in [-0.1, -0.05) is 18.7 Å². The quantitative estimate of drug-likeness (QED) is 0.503. The molecule has 1 aliphatic heterocycles. The van der Waals surface area contributed by atoms with Gasteiger partial charge < -0.3 is 5.01 Å². The molecular formula is C8H14N2. The van der Waals surface area contributed by atoms with Crippen LogP contribution in [-0.2, 0) is 0 Å². The van der Waals surface area contributed by atoms with E-state index in [-0.39, 0.29) is 0 Å². The van der Waals surface area contributed by atoms with Gasteiger partial charge in [0.1, 0.15) is 0 Å². The molecular weight excluding hydrogens is 124 g/mol. The maximum Gasteiger partial charge on any atom is 0.0524 e. The number of hydrogen-bond acceptors (Lipinski definition) is 2. The van der Waals surface area contributed by atoms with Gasteiger partial charge in [0.05, 0.1) is 6.54 Å². The summed E-state index contributed by atoms with van der Waals surface area (Å²) in [5.74, 6) is 0. The number of hydrogen-bond donors (Lipinski definition) is 0. The Balaban J connectivity index is 2.59. The van der Waals surface area contributed by atoms with Gasteiger partial charge in [-0.25, -0.2) is 5.01 Å². The molecule has 2 heteroatoms. The van der Waals surface area contributed by atoms with Crippen molar-refractivity contribution in [3.05, 3.63) is 24.4 Å². The van der Waals surface area contributed by atoms with E-state index in [0.717, 1.165) is 18.8 Å². The van der Waals surface area contributed by atoms with E-state index in [0.29, 0.717) is 0 Å². The van der Waals surface area contributed by atoms with Gasteiger partial charge in [-0.05, 0) is 6.92 Å². The zero-order valence-corrected chi connectivity index (χ0v) is 6.67. The monoisotopic (exact) mass is 138 g/mol. The summed E-state index contributed by atoms with van der Waals surface area (Å²) in [4.78, 5) is 0. The molecule has 0 bridgehead atoms. The van der Waals surface area contributed by atoms with Crippen molar-refractivity contribution >= 4 is 0 Å². The third kappa shape index (κ3) is 1.39. The number of hydrazine groups is 1. The first-order valence-corrected chi connectivity index (χ1v) is 3.51. The molecule has 0 N–H and O–H groups in total. The van der Waals surface area contributed by atoms with E-state index in [2.05, 4.69) is 35.8 Å². The largest absolute Gasteiger partial charge is 0.307 e. The average molecular weight is 138 g/mol. The van der Waals surface area contributed by atoms with Crippen LogP contribution in [-0.4, -0.2) is 30.2 Å². The van der Waals surface area contributed by atoms with Crippen molar-refractivity contribution in [1.29, 1.82) is 0 Å². The molecule has 0 spiro atoms. The first kappa shape index (κ1) is 7.35. The fourth-order valence-electron chi connectivity index (χ4n) is 1.09. The molecule has 10 heavy (non-hydrogen) atoms. The van der Waals surface area contributed by atoms with Gasteiger partial charge in [-0.3, -0.25) is 0 Å². The highest BCUT2D eigenvalue weighted by molar-refractivity contribution is 4.98. The Morgan fingerprint density at radius 3 is 2.40 bits per heavy atom. The molecule has 0 aromatic heterocycles. The molecule has 1 aliphatic rings. The summed E-state index contributed by atoms with van der Waals surface area (Å²) in [5.41, 5.74) is 1.10. The smallest absolute Gasteiger partial charge is 0.0524 e. The Kier molecular flexibility index (Phi) is 2.12. The highest BCUT2D eigenvalue weighted by Gasteiger charge is 2.09. The average Bonchev–Trinajstić information content (AvgIpc) is 1.88. The minimum absolute atomic E-state index is 0.964. The van der Waals surface area contributed by atoms with Crippen molar-refractivity contribution in [2.45, 2.75) is 6.92 Å². The Hall–Kier alpha value is -0.760. The molecule has 1 rings (SSSR count).